The summed E-state index contributed by atoms with van der Waals surface area (Å²) in [5.74, 6) is 2.22. The van der Waals surface area contributed by atoms with E-state index in [0.29, 0.717) is 12.3 Å². The molecule has 0 bridgehead atoms. The first kappa shape index (κ1) is 16.0. The monoisotopic (exact) mass is 331 g/mol. The molecule has 3 N–H and O–H groups in total. The summed E-state index contributed by atoms with van der Waals surface area (Å²) in [4.78, 5) is 14.2. The normalized spacial score (nSPS) is 26.6. The SMILES string of the molecule is NC(=O)CC1(N2CC=CC(C3CC3)=C2OCC2CC2)CCNCC1. The average Bonchev–Trinajstić information content (AvgIpc) is 3.47. The van der Waals surface area contributed by atoms with Crippen LogP contribution >= 0.6 is 0 Å². The van der Waals surface area contributed by atoms with Crippen LogP contribution in [-0.2, 0) is 9.53 Å². The molecule has 1 amide bonds. The van der Waals surface area contributed by atoms with Gasteiger partial charge in [0.1, 0.15) is 0 Å². The lowest BCUT2D eigenvalue weighted by Gasteiger charge is -2.49. The summed E-state index contributed by atoms with van der Waals surface area (Å²) in [6.45, 7) is 3.51. The fraction of sp³-hybridized carbons (Fsp3) is 0.737. The fourth-order valence-electron chi connectivity index (χ4n) is 4.11. The van der Waals surface area contributed by atoms with Crippen molar-refractivity contribution in [3.8, 4) is 0 Å². The molecule has 5 nitrogen and oxygen atoms in total. The van der Waals surface area contributed by atoms with Gasteiger partial charge in [-0.15, -0.1) is 0 Å². The molecule has 4 rings (SSSR count). The maximum Gasteiger partial charge on any atom is 0.219 e. The van der Waals surface area contributed by atoms with Gasteiger partial charge >= 0.3 is 0 Å². The van der Waals surface area contributed by atoms with Crippen molar-refractivity contribution in [2.75, 3.05) is 26.2 Å². The van der Waals surface area contributed by atoms with Crippen LogP contribution in [0.3, 0.4) is 0 Å². The summed E-state index contributed by atoms with van der Waals surface area (Å²) >= 11 is 0. The van der Waals surface area contributed by atoms with Crippen LogP contribution in [0.1, 0.15) is 44.9 Å². The van der Waals surface area contributed by atoms with E-state index in [1.165, 1.54) is 31.3 Å². The molecule has 2 aliphatic carbocycles. The zero-order valence-corrected chi connectivity index (χ0v) is 14.4. The van der Waals surface area contributed by atoms with Crippen LogP contribution in [0, 0.1) is 11.8 Å². The zero-order chi connectivity index (χ0) is 16.6. The average molecular weight is 331 g/mol. The van der Waals surface area contributed by atoms with Crippen molar-refractivity contribution in [2.45, 2.75) is 50.5 Å². The number of allylic oxidation sites excluding steroid dienone is 2. The first-order valence-corrected chi connectivity index (χ1v) is 9.48. The Kier molecular flexibility index (Phi) is 4.29. The van der Waals surface area contributed by atoms with Gasteiger partial charge in [0, 0.05) is 18.5 Å². The van der Waals surface area contributed by atoms with Crippen molar-refractivity contribution in [3.05, 3.63) is 23.6 Å². The van der Waals surface area contributed by atoms with E-state index >= 15 is 0 Å². The highest BCUT2D eigenvalue weighted by atomic mass is 16.5. The lowest BCUT2D eigenvalue weighted by molar-refractivity contribution is -0.122. The van der Waals surface area contributed by atoms with E-state index in [9.17, 15) is 4.79 Å². The van der Waals surface area contributed by atoms with Gasteiger partial charge in [-0.2, -0.15) is 0 Å². The van der Waals surface area contributed by atoms with Crippen LogP contribution < -0.4 is 11.1 Å². The topological polar surface area (TPSA) is 67.6 Å². The van der Waals surface area contributed by atoms with Crippen LogP contribution in [0.2, 0.25) is 0 Å². The van der Waals surface area contributed by atoms with E-state index in [-0.39, 0.29) is 11.4 Å². The number of carbonyl (C=O) groups excluding carboxylic acids is 1. The van der Waals surface area contributed by atoms with E-state index in [0.717, 1.165) is 50.9 Å². The number of nitrogens with two attached hydrogens (primary N) is 1. The van der Waals surface area contributed by atoms with E-state index < -0.39 is 0 Å². The Morgan fingerprint density at radius 2 is 2.04 bits per heavy atom. The van der Waals surface area contributed by atoms with Crippen molar-refractivity contribution < 1.29 is 9.53 Å². The molecular weight excluding hydrogens is 302 g/mol. The number of nitrogens with zero attached hydrogens (tertiary/aromatic N) is 1. The van der Waals surface area contributed by atoms with Gasteiger partial charge in [0.25, 0.3) is 0 Å². The Hall–Kier alpha value is -1.49. The summed E-state index contributed by atoms with van der Waals surface area (Å²) in [6, 6.07) is 0. The molecule has 1 saturated heterocycles. The van der Waals surface area contributed by atoms with Crippen molar-refractivity contribution in [3.63, 3.8) is 0 Å². The second-order valence-corrected chi connectivity index (χ2v) is 7.92. The van der Waals surface area contributed by atoms with E-state index in [1.807, 2.05) is 0 Å². The van der Waals surface area contributed by atoms with E-state index in [2.05, 4.69) is 22.4 Å². The minimum absolute atomic E-state index is 0.194. The molecule has 2 aliphatic heterocycles. The minimum atomic E-state index is -0.207. The van der Waals surface area contributed by atoms with Crippen LogP contribution in [0.5, 0.6) is 0 Å². The highest BCUT2D eigenvalue weighted by Crippen LogP contribution is 2.44. The summed E-state index contributed by atoms with van der Waals surface area (Å²) in [5, 5.41) is 3.42. The fourth-order valence-corrected chi connectivity index (χ4v) is 4.11. The zero-order valence-electron chi connectivity index (χ0n) is 14.4. The quantitative estimate of drug-likeness (QED) is 0.748. The standard InChI is InChI=1S/C19H29N3O2/c20-17(23)12-19(7-9-21-10-8-19)22-11-1-2-16(15-5-6-15)18(22)24-13-14-3-4-14/h1-2,14-15,21H,3-13H2,(H2,20,23). The number of ether oxygens (including phenoxy) is 1. The molecule has 24 heavy (non-hydrogen) atoms. The number of piperidine rings is 1. The Labute approximate surface area is 144 Å². The van der Waals surface area contributed by atoms with E-state index in [4.69, 9.17) is 10.5 Å². The molecule has 0 aromatic rings. The molecule has 0 aromatic carbocycles. The summed E-state index contributed by atoms with van der Waals surface area (Å²) in [6.07, 6.45) is 11.9. The third-order valence-corrected chi connectivity index (χ3v) is 5.86. The van der Waals surface area contributed by atoms with Crippen molar-refractivity contribution in [1.29, 1.82) is 0 Å². The molecule has 2 saturated carbocycles. The smallest absolute Gasteiger partial charge is 0.219 e. The highest BCUT2D eigenvalue weighted by molar-refractivity contribution is 5.75. The number of carbonyl (C=O) groups is 1. The van der Waals surface area contributed by atoms with Gasteiger partial charge in [0.2, 0.25) is 5.91 Å². The maximum absolute atomic E-state index is 11.8. The molecule has 0 unspecified atom stereocenters. The molecule has 5 heteroatoms. The van der Waals surface area contributed by atoms with Crippen molar-refractivity contribution >= 4 is 5.91 Å². The number of rotatable bonds is 7. The Bertz CT molecular complexity index is 555. The second kappa shape index (κ2) is 6.43. The predicted octanol–water partition coefficient (Wildman–Crippen LogP) is 1.90. The molecular formula is C19H29N3O2. The summed E-state index contributed by atoms with van der Waals surface area (Å²) in [7, 11) is 0. The number of nitrogens with one attached hydrogen (secondary N) is 1. The number of primary amides is 1. The Morgan fingerprint density at radius 1 is 1.29 bits per heavy atom. The van der Waals surface area contributed by atoms with Gasteiger partial charge in [0.05, 0.1) is 12.1 Å². The van der Waals surface area contributed by atoms with Crippen LogP contribution in [0.25, 0.3) is 0 Å². The second-order valence-electron chi connectivity index (χ2n) is 7.92. The minimum Gasteiger partial charge on any atom is -0.479 e. The molecule has 2 heterocycles. The van der Waals surface area contributed by atoms with Gasteiger partial charge in [-0.3, -0.25) is 4.79 Å². The largest absolute Gasteiger partial charge is 0.479 e. The Morgan fingerprint density at radius 3 is 2.67 bits per heavy atom. The van der Waals surface area contributed by atoms with Crippen molar-refractivity contribution in [2.24, 2.45) is 17.6 Å². The van der Waals surface area contributed by atoms with Gasteiger partial charge in [-0.25, -0.2) is 0 Å². The van der Waals surface area contributed by atoms with Gasteiger partial charge in [0.15, 0.2) is 5.88 Å². The van der Waals surface area contributed by atoms with Crippen LogP contribution in [0.4, 0.5) is 0 Å². The molecule has 0 spiro atoms. The first-order chi connectivity index (χ1) is 11.7. The maximum atomic E-state index is 11.8. The third kappa shape index (κ3) is 3.32. The summed E-state index contributed by atoms with van der Waals surface area (Å²) < 4.78 is 6.38. The van der Waals surface area contributed by atoms with Crippen LogP contribution in [0.15, 0.2) is 23.6 Å². The van der Waals surface area contributed by atoms with Gasteiger partial charge < -0.3 is 20.7 Å². The molecule has 0 radical (unpaired) electrons. The molecule has 4 aliphatic rings. The lowest BCUT2D eigenvalue weighted by atomic mass is 9.82. The predicted molar refractivity (Wildman–Crippen MR) is 92.9 cm³/mol. The molecule has 3 fully saturated rings. The Balaban J connectivity index is 1.64. The molecule has 0 atom stereocenters. The third-order valence-electron chi connectivity index (χ3n) is 5.86. The van der Waals surface area contributed by atoms with E-state index in [1.54, 1.807) is 0 Å². The van der Waals surface area contributed by atoms with Crippen LogP contribution in [-0.4, -0.2) is 42.6 Å². The van der Waals surface area contributed by atoms with Crippen molar-refractivity contribution in [1.82, 2.24) is 10.2 Å². The highest BCUT2D eigenvalue weighted by Gasteiger charge is 2.44. The van der Waals surface area contributed by atoms with Gasteiger partial charge in [-0.1, -0.05) is 12.2 Å². The molecule has 0 aromatic heterocycles. The van der Waals surface area contributed by atoms with Gasteiger partial charge in [-0.05, 0) is 63.5 Å². The first-order valence-electron chi connectivity index (χ1n) is 9.48. The summed E-state index contributed by atoms with van der Waals surface area (Å²) in [5.41, 5.74) is 6.80. The molecule has 132 valence electrons. The number of hydrogen-bond acceptors (Lipinski definition) is 4. The number of amides is 1. The lowest BCUT2D eigenvalue weighted by Crippen LogP contribution is -2.57. The number of hydrogen-bond donors (Lipinski definition) is 2.